The highest BCUT2D eigenvalue weighted by Gasteiger charge is 2.54. The van der Waals surface area contributed by atoms with Crippen molar-refractivity contribution in [3.63, 3.8) is 0 Å². The molecule has 0 radical (unpaired) electrons. The van der Waals surface area contributed by atoms with Gasteiger partial charge in [0.25, 0.3) is 5.91 Å². The van der Waals surface area contributed by atoms with Crippen LogP contribution < -0.4 is 11.1 Å². The molecule has 0 aromatic heterocycles. The average Bonchev–Trinajstić information content (AvgIpc) is 3.23. The molecule has 1 aromatic rings. The van der Waals surface area contributed by atoms with Gasteiger partial charge in [-0.2, -0.15) is 0 Å². The van der Waals surface area contributed by atoms with Crippen molar-refractivity contribution in [3.8, 4) is 0 Å². The minimum Gasteiger partial charge on any atom is -0.456 e. The summed E-state index contributed by atoms with van der Waals surface area (Å²) in [5.74, 6) is -0.845. The monoisotopic (exact) mass is 428 g/mol. The number of hydrogen-bond donors (Lipinski definition) is 3. The Morgan fingerprint density at radius 2 is 1.84 bits per heavy atom. The van der Waals surface area contributed by atoms with E-state index < -0.39 is 11.5 Å². The summed E-state index contributed by atoms with van der Waals surface area (Å²) in [5.41, 5.74) is 6.14. The lowest BCUT2D eigenvalue weighted by Gasteiger charge is -2.44. The van der Waals surface area contributed by atoms with Crippen molar-refractivity contribution in [1.82, 2.24) is 10.2 Å². The normalized spacial score (nSPS) is 21.5. The maximum absolute atomic E-state index is 13.6. The molecular weight excluding hydrogens is 396 g/mol. The van der Waals surface area contributed by atoms with Crippen LogP contribution in [0.15, 0.2) is 24.3 Å². The van der Waals surface area contributed by atoms with Crippen LogP contribution >= 0.6 is 0 Å². The maximum atomic E-state index is 13.6. The number of esters is 1. The van der Waals surface area contributed by atoms with Gasteiger partial charge in [0.05, 0.1) is 0 Å². The van der Waals surface area contributed by atoms with E-state index in [-0.39, 0.29) is 30.2 Å². The van der Waals surface area contributed by atoms with Gasteiger partial charge in [0, 0.05) is 25.6 Å². The third kappa shape index (κ3) is 5.06. The number of carbonyl (C=O) groups excluding carboxylic acids is 3. The first-order valence-electron chi connectivity index (χ1n) is 11.0. The molecule has 0 unspecified atom stereocenters. The van der Waals surface area contributed by atoms with Gasteiger partial charge in [-0.25, -0.2) is 0 Å². The third-order valence-electron chi connectivity index (χ3n) is 6.51. The highest BCUT2D eigenvalue weighted by molar-refractivity contribution is 5.95. The predicted molar refractivity (Wildman–Crippen MR) is 116 cm³/mol. The molecule has 8 nitrogen and oxygen atoms in total. The number of ether oxygens (including phenoxy) is 1. The number of nitrogens with one attached hydrogen (secondary N) is 2. The Kier molecular flexibility index (Phi) is 7.30. The fraction of sp³-hybridized carbons (Fsp3) is 0.565. The molecule has 0 bridgehead atoms. The number of benzene rings is 1. The number of rotatable bonds is 7. The van der Waals surface area contributed by atoms with E-state index in [0.29, 0.717) is 25.1 Å². The molecule has 1 aromatic carbocycles. The summed E-state index contributed by atoms with van der Waals surface area (Å²) in [6.45, 7) is 1.77. The Morgan fingerprint density at radius 3 is 2.45 bits per heavy atom. The van der Waals surface area contributed by atoms with Crippen molar-refractivity contribution in [2.45, 2.75) is 64.0 Å². The maximum Gasteiger partial charge on any atom is 0.303 e. The Hall–Kier alpha value is -2.90. The van der Waals surface area contributed by atoms with Crippen LogP contribution in [-0.2, 0) is 25.7 Å². The summed E-state index contributed by atoms with van der Waals surface area (Å²) < 4.78 is 4.95. The van der Waals surface area contributed by atoms with Crippen LogP contribution in [0.1, 0.15) is 63.0 Å². The highest BCUT2D eigenvalue weighted by atomic mass is 16.5. The Bertz CT molecular complexity index is 832. The Morgan fingerprint density at radius 1 is 1.16 bits per heavy atom. The van der Waals surface area contributed by atoms with Crippen LogP contribution in [0.2, 0.25) is 0 Å². The molecule has 0 spiro atoms. The van der Waals surface area contributed by atoms with Gasteiger partial charge in [-0.05, 0) is 37.2 Å². The molecule has 1 aliphatic carbocycles. The summed E-state index contributed by atoms with van der Waals surface area (Å²) in [4.78, 5) is 39.4. The first kappa shape index (κ1) is 22.8. The summed E-state index contributed by atoms with van der Waals surface area (Å²) in [7, 11) is 0. The smallest absolute Gasteiger partial charge is 0.303 e. The Balaban J connectivity index is 1.78. The van der Waals surface area contributed by atoms with Gasteiger partial charge in [0.15, 0.2) is 6.61 Å². The van der Waals surface area contributed by atoms with Gasteiger partial charge < -0.3 is 20.7 Å². The lowest BCUT2D eigenvalue weighted by Crippen LogP contribution is -2.62. The molecule has 31 heavy (non-hydrogen) atoms. The van der Waals surface area contributed by atoms with Crippen molar-refractivity contribution in [3.05, 3.63) is 35.4 Å². The quantitative estimate of drug-likeness (QED) is 0.348. The van der Waals surface area contributed by atoms with E-state index >= 15 is 0 Å². The number of nitrogens with two attached hydrogens (primary N) is 1. The van der Waals surface area contributed by atoms with E-state index in [4.69, 9.17) is 15.9 Å². The molecular formula is C23H32N4O4. The molecule has 1 saturated carbocycles. The Labute approximate surface area is 183 Å². The summed E-state index contributed by atoms with van der Waals surface area (Å²) in [5, 5.41) is 10.5. The van der Waals surface area contributed by atoms with Gasteiger partial charge in [-0.3, -0.25) is 19.8 Å². The fourth-order valence-electron chi connectivity index (χ4n) is 4.99. The molecule has 8 heteroatoms. The number of amidine groups is 1. The van der Waals surface area contributed by atoms with Crippen molar-refractivity contribution in [1.29, 1.82) is 5.41 Å². The molecule has 1 saturated heterocycles. The lowest BCUT2D eigenvalue weighted by molar-refractivity contribution is -0.157. The molecule has 2 aliphatic rings. The van der Waals surface area contributed by atoms with Crippen LogP contribution in [0.4, 0.5) is 0 Å². The second kappa shape index (κ2) is 9.94. The molecule has 2 fully saturated rings. The summed E-state index contributed by atoms with van der Waals surface area (Å²) in [6.07, 6.45) is 6.46. The molecule has 1 atom stereocenters. The molecule has 3 rings (SSSR count). The number of amides is 2. The zero-order valence-electron chi connectivity index (χ0n) is 18.1. The zero-order chi connectivity index (χ0) is 22.4. The van der Waals surface area contributed by atoms with Crippen molar-refractivity contribution in [2.24, 2.45) is 11.7 Å². The van der Waals surface area contributed by atoms with E-state index in [2.05, 4.69) is 5.32 Å². The molecule has 4 N–H and O–H groups in total. The number of nitrogen functional groups attached to an aromatic ring is 1. The second-order valence-electron chi connectivity index (χ2n) is 8.48. The topological polar surface area (TPSA) is 126 Å². The SMILES string of the molecule is CC(=O)OCC(=O)N1CCC[C@]1(C(=O)NCc1ccc(C(=N)N)cc1)C1CCCCC1. The standard InChI is InChI=1S/C23H32N4O4/c1-16(28)31-15-20(29)27-13-5-12-23(27,19-6-3-2-4-7-19)22(30)26-14-17-8-10-18(11-9-17)21(24)25/h8-11,19H,2-7,12-15H2,1H3,(H3,24,25)(H,26,30)/t23-/m1/s1. The van der Waals surface area contributed by atoms with Gasteiger partial charge in [-0.15, -0.1) is 0 Å². The second-order valence-corrected chi connectivity index (χ2v) is 8.48. The van der Waals surface area contributed by atoms with Crippen molar-refractivity contribution >= 4 is 23.6 Å². The predicted octanol–water partition coefficient (Wildman–Crippen LogP) is 2.09. The van der Waals surface area contributed by atoms with Gasteiger partial charge in [0.2, 0.25) is 5.91 Å². The lowest BCUT2D eigenvalue weighted by atomic mass is 9.72. The van der Waals surface area contributed by atoms with E-state index in [9.17, 15) is 14.4 Å². The minimum atomic E-state index is -0.892. The van der Waals surface area contributed by atoms with Gasteiger partial charge >= 0.3 is 5.97 Å². The minimum absolute atomic E-state index is 0.000253. The number of carbonyl (C=O) groups is 3. The van der Waals surface area contributed by atoms with Crippen LogP contribution in [0.3, 0.4) is 0 Å². The number of likely N-dealkylation sites (tertiary alicyclic amines) is 1. The number of nitrogens with zero attached hydrogens (tertiary/aromatic N) is 1. The first-order valence-corrected chi connectivity index (χ1v) is 11.0. The summed E-state index contributed by atoms with van der Waals surface area (Å²) in [6, 6.07) is 7.18. The third-order valence-corrected chi connectivity index (χ3v) is 6.51. The van der Waals surface area contributed by atoms with Crippen LogP contribution in [0.5, 0.6) is 0 Å². The first-order chi connectivity index (χ1) is 14.8. The van der Waals surface area contributed by atoms with Crippen molar-refractivity contribution in [2.75, 3.05) is 13.2 Å². The molecule has 1 aliphatic heterocycles. The van der Waals surface area contributed by atoms with Crippen LogP contribution in [0.25, 0.3) is 0 Å². The molecule has 168 valence electrons. The molecule has 2 amide bonds. The van der Waals surface area contributed by atoms with Crippen LogP contribution in [0, 0.1) is 11.3 Å². The van der Waals surface area contributed by atoms with Gasteiger partial charge in [-0.1, -0.05) is 43.5 Å². The van der Waals surface area contributed by atoms with Gasteiger partial charge in [0.1, 0.15) is 11.4 Å². The van der Waals surface area contributed by atoms with E-state index in [0.717, 1.165) is 44.1 Å². The van der Waals surface area contributed by atoms with Crippen molar-refractivity contribution < 1.29 is 19.1 Å². The highest BCUT2D eigenvalue weighted by Crippen LogP contribution is 2.43. The average molecular weight is 429 g/mol. The fourth-order valence-corrected chi connectivity index (χ4v) is 4.99. The zero-order valence-corrected chi connectivity index (χ0v) is 18.1. The van der Waals surface area contributed by atoms with Crippen LogP contribution in [-0.4, -0.2) is 47.2 Å². The van der Waals surface area contributed by atoms with E-state index in [1.165, 1.54) is 6.92 Å². The summed E-state index contributed by atoms with van der Waals surface area (Å²) >= 11 is 0. The largest absolute Gasteiger partial charge is 0.456 e. The molecule has 1 heterocycles. The van der Waals surface area contributed by atoms with E-state index in [1.54, 1.807) is 17.0 Å². The number of hydrogen-bond acceptors (Lipinski definition) is 5. The van der Waals surface area contributed by atoms with E-state index in [1.807, 2.05) is 12.1 Å².